The van der Waals surface area contributed by atoms with E-state index in [-0.39, 0.29) is 25.0 Å². The number of rotatable bonds is 9. The lowest BCUT2D eigenvalue weighted by Gasteiger charge is -2.24. The quantitative estimate of drug-likeness (QED) is 0.500. The summed E-state index contributed by atoms with van der Waals surface area (Å²) in [4.78, 5) is 10.8. The van der Waals surface area contributed by atoms with E-state index in [1.165, 1.54) is 0 Å². The maximum absolute atomic E-state index is 10.8. The first-order chi connectivity index (χ1) is 14.2. The number of phenolic OH excluding ortho intramolecular Hbond substituents is 1. The van der Waals surface area contributed by atoms with Gasteiger partial charge in [0.2, 0.25) is 0 Å². The highest BCUT2D eigenvalue weighted by molar-refractivity contribution is 5.68. The molecule has 0 fully saturated rings. The summed E-state index contributed by atoms with van der Waals surface area (Å²) in [6, 6.07) is 9.46. The van der Waals surface area contributed by atoms with Crippen molar-refractivity contribution in [2.24, 2.45) is 0 Å². The number of aliphatic carboxylic acids is 1. The summed E-state index contributed by atoms with van der Waals surface area (Å²) >= 11 is 0. The summed E-state index contributed by atoms with van der Waals surface area (Å²) in [6.07, 6.45) is 1.44. The van der Waals surface area contributed by atoms with Crippen LogP contribution in [0.4, 0.5) is 0 Å². The zero-order valence-electron chi connectivity index (χ0n) is 19.0. The summed E-state index contributed by atoms with van der Waals surface area (Å²) in [6.45, 7) is 11.8. The predicted octanol–water partition coefficient (Wildman–Crippen LogP) is 5.53. The average Bonchev–Trinajstić information content (AvgIpc) is 2.70. The van der Waals surface area contributed by atoms with Crippen molar-refractivity contribution in [1.82, 2.24) is 0 Å². The van der Waals surface area contributed by atoms with Crippen LogP contribution in [-0.4, -0.2) is 34.5 Å². The second kappa shape index (κ2) is 12.2. The molecule has 0 saturated heterocycles. The van der Waals surface area contributed by atoms with Crippen molar-refractivity contribution in [2.45, 2.75) is 66.2 Å². The predicted molar refractivity (Wildman–Crippen MR) is 121 cm³/mol. The normalized spacial score (nSPS) is 11.6. The van der Waals surface area contributed by atoms with Gasteiger partial charge in [-0.15, -0.1) is 0 Å². The van der Waals surface area contributed by atoms with Gasteiger partial charge in [-0.2, -0.15) is 0 Å². The molecule has 2 rings (SSSR count). The van der Waals surface area contributed by atoms with Gasteiger partial charge < -0.3 is 20.1 Å². The van der Waals surface area contributed by atoms with Gasteiger partial charge in [-0.3, -0.25) is 0 Å². The summed E-state index contributed by atoms with van der Waals surface area (Å²) in [5, 5.41) is 28.4. The van der Waals surface area contributed by atoms with E-state index in [4.69, 9.17) is 9.84 Å². The minimum absolute atomic E-state index is 0.0683. The molecule has 5 nitrogen and oxygen atoms in total. The molecule has 0 saturated carbocycles. The van der Waals surface area contributed by atoms with E-state index in [9.17, 15) is 15.0 Å². The maximum Gasteiger partial charge on any atom is 0.341 e. The molecular formula is C25H36O5. The fraction of sp³-hybridized carbons (Fsp3) is 0.480. The van der Waals surface area contributed by atoms with Crippen LogP contribution in [0.25, 0.3) is 0 Å². The molecule has 3 N–H and O–H groups in total. The Kier molecular flexibility index (Phi) is 10.4. The molecule has 0 amide bonds. The van der Waals surface area contributed by atoms with Crippen LogP contribution in [0.3, 0.4) is 0 Å². The fourth-order valence-corrected chi connectivity index (χ4v) is 3.74. The molecule has 2 aromatic carbocycles. The van der Waals surface area contributed by atoms with E-state index in [0.29, 0.717) is 17.9 Å². The Morgan fingerprint density at radius 1 is 1.07 bits per heavy atom. The first-order valence-electron chi connectivity index (χ1n) is 10.6. The van der Waals surface area contributed by atoms with Gasteiger partial charge in [0.1, 0.15) is 11.5 Å². The Balaban J connectivity index is 0.00000218. The Morgan fingerprint density at radius 2 is 1.67 bits per heavy atom. The van der Waals surface area contributed by atoms with Crippen molar-refractivity contribution in [3.8, 4) is 11.5 Å². The van der Waals surface area contributed by atoms with Gasteiger partial charge in [0, 0.05) is 12.5 Å². The lowest BCUT2D eigenvalue weighted by atomic mass is 9.81. The van der Waals surface area contributed by atoms with Crippen molar-refractivity contribution in [3.63, 3.8) is 0 Å². The van der Waals surface area contributed by atoms with Gasteiger partial charge in [0.25, 0.3) is 0 Å². The first kappa shape index (κ1) is 25.5. The van der Waals surface area contributed by atoms with Crippen LogP contribution in [0, 0.1) is 13.8 Å². The molecule has 0 aliphatic heterocycles. The number of aliphatic hydroxyl groups excluding tert-OH is 1. The Morgan fingerprint density at radius 3 is 2.17 bits per heavy atom. The molecule has 2 aromatic rings. The third kappa shape index (κ3) is 6.77. The molecule has 1 unspecified atom stereocenters. The Bertz CT molecular complexity index is 803. The molecule has 0 radical (unpaired) electrons. The van der Waals surface area contributed by atoms with Crippen molar-refractivity contribution >= 4 is 5.97 Å². The lowest BCUT2D eigenvalue weighted by molar-refractivity contribution is -0.139. The van der Waals surface area contributed by atoms with E-state index < -0.39 is 5.97 Å². The minimum Gasteiger partial charge on any atom is -0.508 e. The first-order valence-corrected chi connectivity index (χ1v) is 10.6. The lowest BCUT2D eigenvalue weighted by Crippen LogP contribution is -2.11. The highest BCUT2D eigenvalue weighted by atomic mass is 16.5. The molecule has 0 aliphatic rings. The van der Waals surface area contributed by atoms with Gasteiger partial charge in [0.05, 0.1) is 0 Å². The summed E-state index contributed by atoms with van der Waals surface area (Å²) in [5.41, 5.74) is 5.19. The molecule has 30 heavy (non-hydrogen) atoms. The standard InChI is InChI=1S/C23H30O5.C2H6/c1-14(2)20-12-17(7-8-21(20)25)19(6-5-9-24)23-15(3)10-18(11-16(23)4)28-13-22(26)27;1-2/h7-8,10-12,14,19,24-25H,5-6,9,13H2,1-4H3,(H,26,27);1-2H3. The largest absolute Gasteiger partial charge is 0.508 e. The van der Waals surface area contributed by atoms with Crippen LogP contribution in [0.2, 0.25) is 0 Å². The third-order valence-corrected chi connectivity index (χ3v) is 5.00. The van der Waals surface area contributed by atoms with Gasteiger partial charge in [-0.25, -0.2) is 4.79 Å². The molecule has 166 valence electrons. The smallest absolute Gasteiger partial charge is 0.341 e. The molecule has 0 aromatic heterocycles. The van der Waals surface area contributed by atoms with Crippen LogP contribution in [-0.2, 0) is 4.79 Å². The average molecular weight is 417 g/mol. The second-order valence-electron chi connectivity index (χ2n) is 7.54. The van der Waals surface area contributed by atoms with Crippen molar-refractivity contribution in [1.29, 1.82) is 0 Å². The molecule has 0 aliphatic carbocycles. The molecule has 0 heterocycles. The van der Waals surface area contributed by atoms with Crippen LogP contribution < -0.4 is 4.74 Å². The van der Waals surface area contributed by atoms with Crippen molar-refractivity contribution < 1.29 is 24.9 Å². The summed E-state index contributed by atoms with van der Waals surface area (Å²) < 4.78 is 5.34. The number of hydrogen-bond acceptors (Lipinski definition) is 4. The zero-order chi connectivity index (χ0) is 22.8. The van der Waals surface area contributed by atoms with Gasteiger partial charge >= 0.3 is 5.97 Å². The topological polar surface area (TPSA) is 87.0 Å². The van der Waals surface area contributed by atoms with E-state index in [2.05, 4.69) is 6.07 Å². The van der Waals surface area contributed by atoms with Crippen LogP contribution in [0.15, 0.2) is 30.3 Å². The van der Waals surface area contributed by atoms with E-state index in [1.807, 2.05) is 59.7 Å². The number of carbonyl (C=O) groups is 1. The number of aryl methyl sites for hydroxylation is 2. The molecule has 5 heteroatoms. The second-order valence-corrected chi connectivity index (χ2v) is 7.54. The van der Waals surface area contributed by atoms with Crippen LogP contribution in [0.1, 0.15) is 80.2 Å². The number of aromatic hydroxyl groups is 1. The maximum atomic E-state index is 10.8. The third-order valence-electron chi connectivity index (χ3n) is 5.00. The number of benzene rings is 2. The van der Waals surface area contributed by atoms with E-state index in [1.54, 1.807) is 6.07 Å². The zero-order valence-corrected chi connectivity index (χ0v) is 19.0. The van der Waals surface area contributed by atoms with Crippen molar-refractivity contribution in [3.05, 3.63) is 58.1 Å². The monoisotopic (exact) mass is 416 g/mol. The highest BCUT2D eigenvalue weighted by Crippen LogP contribution is 2.38. The molecule has 0 spiro atoms. The summed E-state index contributed by atoms with van der Waals surface area (Å²) in [7, 11) is 0. The number of ether oxygens (including phenoxy) is 1. The van der Waals surface area contributed by atoms with Gasteiger partial charge in [-0.05, 0) is 78.6 Å². The van der Waals surface area contributed by atoms with Crippen LogP contribution >= 0.6 is 0 Å². The van der Waals surface area contributed by atoms with Crippen molar-refractivity contribution in [2.75, 3.05) is 13.2 Å². The van der Waals surface area contributed by atoms with E-state index in [0.717, 1.165) is 34.2 Å². The van der Waals surface area contributed by atoms with Gasteiger partial charge in [-0.1, -0.05) is 39.8 Å². The highest BCUT2D eigenvalue weighted by Gasteiger charge is 2.21. The number of aliphatic hydroxyl groups is 1. The molecule has 0 bridgehead atoms. The Hall–Kier alpha value is -2.53. The number of carboxylic acid groups (broad SMARTS) is 1. The number of phenols is 1. The summed E-state index contributed by atoms with van der Waals surface area (Å²) in [5.74, 6) is 0.0953. The Labute approximate surface area is 180 Å². The SMILES string of the molecule is CC.Cc1cc(OCC(=O)O)cc(C)c1C(CCCO)c1ccc(O)c(C(C)C)c1. The number of carboxylic acids is 1. The van der Waals surface area contributed by atoms with Crippen LogP contribution in [0.5, 0.6) is 11.5 Å². The minimum atomic E-state index is -1.01. The molecule has 1 atom stereocenters. The fourth-order valence-electron chi connectivity index (χ4n) is 3.74. The van der Waals surface area contributed by atoms with Gasteiger partial charge in [0.15, 0.2) is 6.61 Å². The number of hydrogen-bond donors (Lipinski definition) is 3. The van der Waals surface area contributed by atoms with E-state index >= 15 is 0 Å². The molecular weight excluding hydrogens is 380 g/mol.